The van der Waals surface area contributed by atoms with Gasteiger partial charge in [-0.2, -0.15) is 0 Å². The molecule has 0 aliphatic rings. The summed E-state index contributed by atoms with van der Waals surface area (Å²) in [6, 6.07) is 16.6. The first-order valence-corrected chi connectivity index (χ1v) is 6.00. The Balaban J connectivity index is 2.20. The first-order chi connectivity index (χ1) is 8.79. The van der Waals surface area contributed by atoms with Gasteiger partial charge in [0.15, 0.2) is 0 Å². The molecule has 0 saturated heterocycles. The van der Waals surface area contributed by atoms with Crippen LogP contribution in [0.4, 0.5) is 0 Å². The summed E-state index contributed by atoms with van der Waals surface area (Å²) >= 11 is 0. The molecule has 1 aromatic heterocycles. The summed E-state index contributed by atoms with van der Waals surface area (Å²) in [6.07, 6.45) is 1.76. The van der Waals surface area contributed by atoms with Gasteiger partial charge in [0.25, 0.3) is 0 Å². The van der Waals surface area contributed by atoms with Crippen LogP contribution < -0.4 is 0 Å². The zero-order chi connectivity index (χ0) is 12.5. The molecule has 0 unspecified atom stereocenters. The van der Waals surface area contributed by atoms with Gasteiger partial charge in [-0.05, 0) is 30.2 Å². The highest BCUT2D eigenvalue weighted by molar-refractivity contribution is 5.88. The molecule has 0 aliphatic heterocycles. The van der Waals surface area contributed by atoms with E-state index in [1.807, 2.05) is 18.2 Å². The van der Waals surface area contributed by atoms with Crippen molar-refractivity contribution >= 4 is 17.0 Å². The quantitative estimate of drug-likeness (QED) is 0.604. The zero-order valence-corrected chi connectivity index (χ0v) is 10.3. The van der Waals surface area contributed by atoms with Crippen molar-refractivity contribution in [1.29, 1.82) is 0 Å². The number of aryl methyl sites for hydroxylation is 1. The summed E-state index contributed by atoms with van der Waals surface area (Å²) in [5, 5.41) is 1.16. The van der Waals surface area contributed by atoms with Crippen molar-refractivity contribution in [1.82, 2.24) is 0 Å². The molecule has 1 nitrogen and oxygen atoms in total. The molecule has 1 heteroatoms. The topological polar surface area (TPSA) is 13.1 Å². The Morgan fingerprint density at radius 2 is 1.78 bits per heavy atom. The van der Waals surface area contributed by atoms with Crippen molar-refractivity contribution < 1.29 is 4.42 Å². The lowest BCUT2D eigenvalue weighted by Gasteiger charge is -2.00. The Bertz CT molecular complexity index is 705. The number of rotatable bonds is 2. The molecule has 3 rings (SSSR count). The Morgan fingerprint density at radius 3 is 2.50 bits per heavy atom. The molecule has 0 atom stereocenters. The molecule has 18 heavy (non-hydrogen) atoms. The van der Waals surface area contributed by atoms with Gasteiger partial charge in [0.1, 0.15) is 11.3 Å². The van der Waals surface area contributed by atoms with E-state index in [4.69, 9.17) is 4.42 Å². The third-order valence-corrected chi connectivity index (χ3v) is 3.27. The van der Waals surface area contributed by atoms with Crippen LogP contribution in [-0.4, -0.2) is 0 Å². The Labute approximate surface area is 106 Å². The number of benzene rings is 2. The monoisotopic (exact) mass is 234 g/mol. The van der Waals surface area contributed by atoms with Crippen molar-refractivity contribution in [3.63, 3.8) is 0 Å². The molecule has 1 heterocycles. The summed E-state index contributed by atoms with van der Waals surface area (Å²) in [4.78, 5) is 0. The summed E-state index contributed by atoms with van der Waals surface area (Å²) in [7, 11) is 0. The molecule has 2 aromatic carbocycles. The van der Waals surface area contributed by atoms with E-state index in [1.165, 1.54) is 11.1 Å². The van der Waals surface area contributed by atoms with Crippen LogP contribution in [0.2, 0.25) is 0 Å². The molecule has 0 amide bonds. The maximum Gasteiger partial charge on any atom is 0.135 e. The lowest BCUT2D eigenvalue weighted by atomic mass is 10.0. The Morgan fingerprint density at radius 1 is 1.00 bits per heavy atom. The second-order valence-electron chi connectivity index (χ2n) is 4.37. The third kappa shape index (κ3) is 1.65. The number of fused-ring (bicyclic) bond motifs is 1. The summed E-state index contributed by atoms with van der Waals surface area (Å²) in [5.41, 5.74) is 4.45. The molecule has 88 valence electrons. The van der Waals surface area contributed by atoms with Gasteiger partial charge >= 0.3 is 0 Å². The summed E-state index contributed by atoms with van der Waals surface area (Å²) < 4.78 is 5.79. The van der Waals surface area contributed by atoms with E-state index in [0.717, 1.165) is 22.3 Å². The van der Waals surface area contributed by atoms with Gasteiger partial charge in [-0.3, -0.25) is 0 Å². The number of hydrogen-bond donors (Lipinski definition) is 0. The molecule has 0 saturated carbocycles. The predicted molar refractivity (Wildman–Crippen MR) is 76.5 cm³/mol. The third-order valence-electron chi connectivity index (χ3n) is 3.27. The lowest BCUT2D eigenvalue weighted by Crippen LogP contribution is -1.76. The molecule has 0 fully saturated rings. The van der Waals surface area contributed by atoms with Gasteiger partial charge in [0.05, 0.1) is 0 Å². The smallest absolute Gasteiger partial charge is 0.135 e. The van der Waals surface area contributed by atoms with Gasteiger partial charge in [-0.25, -0.2) is 0 Å². The molecule has 0 N–H and O–H groups in total. The number of furan rings is 1. The van der Waals surface area contributed by atoms with E-state index >= 15 is 0 Å². The van der Waals surface area contributed by atoms with Crippen molar-refractivity contribution in [3.05, 3.63) is 66.4 Å². The average Bonchev–Trinajstić information content (AvgIpc) is 2.76. The van der Waals surface area contributed by atoms with E-state index in [0.29, 0.717) is 0 Å². The Hall–Kier alpha value is -2.28. The molecule has 0 radical (unpaired) electrons. The number of hydrogen-bond acceptors (Lipinski definition) is 1. The van der Waals surface area contributed by atoms with Gasteiger partial charge in [0.2, 0.25) is 0 Å². The van der Waals surface area contributed by atoms with Crippen LogP contribution in [0.5, 0.6) is 0 Å². The van der Waals surface area contributed by atoms with Gasteiger partial charge in [-0.1, -0.05) is 49.0 Å². The van der Waals surface area contributed by atoms with Crippen LogP contribution in [-0.2, 0) is 0 Å². The van der Waals surface area contributed by atoms with Crippen LogP contribution in [0, 0.1) is 6.92 Å². The van der Waals surface area contributed by atoms with E-state index < -0.39 is 0 Å². The minimum atomic E-state index is 0.857. The molecule has 3 aromatic rings. The SMILES string of the molecule is C=Cc1oc2cc(-c3ccccc3)ccc2c1C. The average molecular weight is 234 g/mol. The highest BCUT2D eigenvalue weighted by Gasteiger charge is 2.08. The van der Waals surface area contributed by atoms with Crippen LogP contribution >= 0.6 is 0 Å². The van der Waals surface area contributed by atoms with Gasteiger partial charge in [0, 0.05) is 10.9 Å². The minimum Gasteiger partial charge on any atom is -0.456 e. The molecular formula is C17H14O. The first kappa shape index (κ1) is 10.8. The summed E-state index contributed by atoms with van der Waals surface area (Å²) in [5.74, 6) is 0.857. The lowest BCUT2D eigenvalue weighted by molar-refractivity contribution is 0.601. The van der Waals surface area contributed by atoms with Crippen molar-refractivity contribution in [2.75, 3.05) is 0 Å². The fourth-order valence-electron chi connectivity index (χ4n) is 2.25. The Kier molecular flexibility index (Phi) is 2.52. The van der Waals surface area contributed by atoms with Crippen molar-refractivity contribution in [2.24, 2.45) is 0 Å². The second-order valence-corrected chi connectivity index (χ2v) is 4.37. The highest BCUT2D eigenvalue weighted by atomic mass is 16.3. The van der Waals surface area contributed by atoms with E-state index in [2.05, 4.69) is 43.8 Å². The van der Waals surface area contributed by atoms with E-state index in [9.17, 15) is 0 Å². The zero-order valence-electron chi connectivity index (χ0n) is 10.3. The van der Waals surface area contributed by atoms with Gasteiger partial charge in [-0.15, -0.1) is 0 Å². The second kappa shape index (κ2) is 4.19. The highest BCUT2D eigenvalue weighted by Crippen LogP contribution is 2.30. The molecule has 0 spiro atoms. The normalized spacial score (nSPS) is 10.7. The minimum absolute atomic E-state index is 0.857. The first-order valence-electron chi connectivity index (χ1n) is 6.00. The van der Waals surface area contributed by atoms with E-state index in [-0.39, 0.29) is 0 Å². The largest absolute Gasteiger partial charge is 0.456 e. The van der Waals surface area contributed by atoms with Gasteiger partial charge < -0.3 is 4.42 Å². The van der Waals surface area contributed by atoms with Crippen molar-refractivity contribution in [3.8, 4) is 11.1 Å². The van der Waals surface area contributed by atoms with Crippen LogP contribution in [0.1, 0.15) is 11.3 Å². The van der Waals surface area contributed by atoms with Crippen LogP contribution in [0.3, 0.4) is 0 Å². The van der Waals surface area contributed by atoms with Crippen molar-refractivity contribution in [2.45, 2.75) is 6.92 Å². The summed E-state index contributed by atoms with van der Waals surface area (Å²) in [6.45, 7) is 5.83. The molecular weight excluding hydrogens is 220 g/mol. The maximum atomic E-state index is 5.79. The fourth-order valence-corrected chi connectivity index (χ4v) is 2.25. The van der Waals surface area contributed by atoms with E-state index in [1.54, 1.807) is 6.08 Å². The standard InChI is InChI=1S/C17H14O/c1-3-16-12(2)15-10-9-14(11-17(15)18-16)13-7-5-4-6-8-13/h3-11H,1H2,2H3. The molecule has 0 bridgehead atoms. The maximum absolute atomic E-state index is 5.79. The van der Waals surface area contributed by atoms with Crippen LogP contribution in [0.25, 0.3) is 28.2 Å². The fraction of sp³-hybridized carbons (Fsp3) is 0.0588. The predicted octanol–water partition coefficient (Wildman–Crippen LogP) is 5.05. The molecule has 0 aliphatic carbocycles. The van der Waals surface area contributed by atoms with Crippen LogP contribution in [0.15, 0.2) is 59.5 Å².